The molecule has 4 heteroatoms. The molecule has 0 amide bonds. The van der Waals surface area contributed by atoms with Crippen molar-refractivity contribution in [2.45, 2.75) is 25.8 Å². The molecule has 0 aliphatic carbocycles. The van der Waals surface area contributed by atoms with Crippen LogP contribution in [0.2, 0.25) is 0 Å². The predicted octanol–water partition coefficient (Wildman–Crippen LogP) is 2.28. The third-order valence-electron chi connectivity index (χ3n) is 3.40. The highest BCUT2D eigenvalue weighted by atomic mass is 19.1. The van der Waals surface area contributed by atoms with Crippen LogP contribution in [0.15, 0.2) is 18.2 Å². The van der Waals surface area contributed by atoms with E-state index in [1.807, 2.05) is 17.9 Å². The van der Waals surface area contributed by atoms with Gasteiger partial charge in [-0.05, 0) is 44.5 Å². The number of anilines is 1. The number of nitrogens with zero attached hydrogens (tertiary/aromatic N) is 2. The van der Waals surface area contributed by atoms with E-state index in [2.05, 4.69) is 5.32 Å². The monoisotopic (exact) mass is 247 g/mol. The molecule has 1 heterocycles. The smallest absolute Gasteiger partial charge is 0.147 e. The summed E-state index contributed by atoms with van der Waals surface area (Å²) < 4.78 is 13.9. The minimum Gasteiger partial charge on any atom is -0.368 e. The van der Waals surface area contributed by atoms with E-state index in [-0.39, 0.29) is 5.82 Å². The molecule has 1 saturated heterocycles. The lowest BCUT2D eigenvalue weighted by atomic mass is 10.1. The third kappa shape index (κ3) is 2.80. The summed E-state index contributed by atoms with van der Waals surface area (Å²) in [6, 6.07) is 7.07. The fourth-order valence-corrected chi connectivity index (χ4v) is 2.41. The van der Waals surface area contributed by atoms with E-state index < -0.39 is 0 Å². The Labute approximate surface area is 107 Å². The van der Waals surface area contributed by atoms with Gasteiger partial charge < -0.3 is 10.2 Å². The average molecular weight is 247 g/mol. The van der Waals surface area contributed by atoms with Crippen molar-refractivity contribution in [1.82, 2.24) is 5.32 Å². The van der Waals surface area contributed by atoms with Crippen molar-refractivity contribution in [2.24, 2.45) is 0 Å². The molecule has 0 saturated carbocycles. The molecule has 1 aromatic rings. The van der Waals surface area contributed by atoms with Gasteiger partial charge in [-0.2, -0.15) is 5.26 Å². The first-order valence-corrected chi connectivity index (χ1v) is 6.42. The van der Waals surface area contributed by atoms with E-state index in [1.165, 1.54) is 12.5 Å². The van der Waals surface area contributed by atoms with Crippen LogP contribution in [-0.4, -0.2) is 25.7 Å². The first-order chi connectivity index (χ1) is 8.74. The van der Waals surface area contributed by atoms with Gasteiger partial charge in [-0.25, -0.2) is 4.39 Å². The molecule has 0 aromatic heterocycles. The highest BCUT2D eigenvalue weighted by Crippen LogP contribution is 2.21. The van der Waals surface area contributed by atoms with Crippen LogP contribution in [0.25, 0.3) is 0 Å². The van der Waals surface area contributed by atoms with Gasteiger partial charge in [0.15, 0.2) is 0 Å². The molecular formula is C14H18FN3. The van der Waals surface area contributed by atoms with Gasteiger partial charge in [0.05, 0.1) is 17.3 Å². The molecule has 1 N–H and O–H groups in total. The number of nitrogens with one attached hydrogen (secondary N) is 1. The summed E-state index contributed by atoms with van der Waals surface area (Å²) in [5.74, 6) is -0.311. The van der Waals surface area contributed by atoms with Gasteiger partial charge in [-0.15, -0.1) is 0 Å². The van der Waals surface area contributed by atoms with Crippen molar-refractivity contribution >= 4 is 5.69 Å². The summed E-state index contributed by atoms with van der Waals surface area (Å²) in [4.78, 5) is 2.03. The number of likely N-dealkylation sites (N-methyl/N-ethyl adjacent to an activating group) is 1. The summed E-state index contributed by atoms with van der Waals surface area (Å²) in [6.45, 7) is 4.66. The lowest BCUT2D eigenvalue weighted by Crippen LogP contribution is -2.37. The van der Waals surface area contributed by atoms with E-state index >= 15 is 0 Å². The second kappa shape index (κ2) is 5.83. The lowest BCUT2D eigenvalue weighted by Gasteiger charge is -2.27. The molecule has 1 aliphatic heterocycles. The number of hydrogen-bond donors (Lipinski definition) is 1. The van der Waals surface area contributed by atoms with Gasteiger partial charge in [0.2, 0.25) is 0 Å². The van der Waals surface area contributed by atoms with Crippen molar-refractivity contribution in [3.8, 4) is 6.07 Å². The van der Waals surface area contributed by atoms with Gasteiger partial charge in [0, 0.05) is 19.1 Å². The van der Waals surface area contributed by atoms with E-state index in [4.69, 9.17) is 5.26 Å². The maximum absolute atomic E-state index is 13.9. The molecule has 1 fully saturated rings. The van der Waals surface area contributed by atoms with Gasteiger partial charge >= 0.3 is 0 Å². The Morgan fingerprint density at radius 3 is 2.94 bits per heavy atom. The van der Waals surface area contributed by atoms with Crippen molar-refractivity contribution in [3.05, 3.63) is 29.6 Å². The van der Waals surface area contributed by atoms with E-state index in [1.54, 1.807) is 12.1 Å². The number of benzene rings is 1. The molecule has 0 bridgehead atoms. The predicted molar refractivity (Wildman–Crippen MR) is 70.0 cm³/mol. The van der Waals surface area contributed by atoms with Crippen LogP contribution in [0.1, 0.15) is 25.3 Å². The van der Waals surface area contributed by atoms with Gasteiger partial charge in [-0.3, -0.25) is 0 Å². The highest BCUT2D eigenvalue weighted by Gasteiger charge is 2.19. The summed E-state index contributed by atoms with van der Waals surface area (Å²) in [6.07, 6.45) is 2.34. The summed E-state index contributed by atoms with van der Waals surface area (Å²) in [7, 11) is 0. The van der Waals surface area contributed by atoms with Crippen LogP contribution in [0.5, 0.6) is 0 Å². The van der Waals surface area contributed by atoms with Crippen molar-refractivity contribution in [3.63, 3.8) is 0 Å². The Balaban J connectivity index is 2.14. The zero-order valence-electron chi connectivity index (χ0n) is 10.6. The maximum atomic E-state index is 13.9. The molecule has 3 nitrogen and oxygen atoms in total. The van der Waals surface area contributed by atoms with Gasteiger partial charge in [-0.1, -0.05) is 0 Å². The Morgan fingerprint density at radius 1 is 1.56 bits per heavy atom. The summed E-state index contributed by atoms with van der Waals surface area (Å²) >= 11 is 0. The molecule has 1 unspecified atom stereocenters. The molecule has 96 valence electrons. The molecular weight excluding hydrogens is 229 g/mol. The number of rotatable bonds is 4. The fourth-order valence-electron chi connectivity index (χ4n) is 2.41. The Bertz CT molecular complexity index is 447. The van der Waals surface area contributed by atoms with Crippen LogP contribution in [0.3, 0.4) is 0 Å². The SMILES string of the molecule is CCN(CC1CCCN1)c1ccc(C#N)cc1F. The van der Waals surface area contributed by atoms with E-state index in [0.717, 1.165) is 26.1 Å². The maximum Gasteiger partial charge on any atom is 0.147 e. The average Bonchev–Trinajstić information content (AvgIpc) is 2.89. The lowest BCUT2D eigenvalue weighted by molar-refractivity contribution is 0.569. The van der Waals surface area contributed by atoms with Crippen LogP contribution >= 0.6 is 0 Å². The largest absolute Gasteiger partial charge is 0.368 e. The van der Waals surface area contributed by atoms with Gasteiger partial charge in [0.1, 0.15) is 5.82 Å². The first-order valence-electron chi connectivity index (χ1n) is 6.42. The quantitative estimate of drug-likeness (QED) is 0.887. The molecule has 1 atom stereocenters. The van der Waals surface area contributed by atoms with E-state index in [9.17, 15) is 4.39 Å². The normalized spacial score (nSPS) is 18.6. The van der Waals surface area contributed by atoms with Crippen molar-refractivity contribution in [1.29, 1.82) is 5.26 Å². The Kier molecular flexibility index (Phi) is 4.16. The molecule has 1 aromatic carbocycles. The topological polar surface area (TPSA) is 39.1 Å². The fraction of sp³-hybridized carbons (Fsp3) is 0.500. The second-order valence-electron chi connectivity index (χ2n) is 4.61. The molecule has 0 radical (unpaired) electrons. The zero-order valence-corrected chi connectivity index (χ0v) is 10.6. The Morgan fingerprint density at radius 2 is 2.39 bits per heavy atom. The van der Waals surface area contributed by atoms with Gasteiger partial charge in [0.25, 0.3) is 0 Å². The van der Waals surface area contributed by atoms with Crippen LogP contribution in [0.4, 0.5) is 10.1 Å². The standard InChI is InChI=1S/C14H18FN3/c1-2-18(10-12-4-3-7-17-12)14-6-5-11(9-16)8-13(14)15/h5-6,8,12,17H,2-4,7,10H2,1H3. The van der Waals surface area contributed by atoms with E-state index in [0.29, 0.717) is 17.3 Å². The molecule has 18 heavy (non-hydrogen) atoms. The van der Waals surface area contributed by atoms with Crippen LogP contribution in [0, 0.1) is 17.1 Å². The molecule has 0 spiro atoms. The van der Waals surface area contributed by atoms with Crippen LogP contribution in [-0.2, 0) is 0 Å². The summed E-state index contributed by atoms with van der Waals surface area (Å²) in [5.41, 5.74) is 0.955. The van der Waals surface area contributed by atoms with Crippen molar-refractivity contribution in [2.75, 3.05) is 24.5 Å². The summed E-state index contributed by atoms with van der Waals surface area (Å²) in [5, 5.41) is 12.2. The molecule has 2 rings (SSSR count). The minimum absolute atomic E-state index is 0.311. The number of hydrogen-bond acceptors (Lipinski definition) is 3. The number of nitriles is 1. The minimum atomic E-state index is -0.311. The van der Waals surface area contributed by atoms with Crippen molar-refractivity contribution < 1.29 is 4.39 Å². The van der Waals surface area contributed by atoms with Crippen LogP contribution < -0.4 is 10.2 Å². The second-order valence-corrected chi connectivity index (χ2v) is 4.61. The third-order valence-corrected chi connectivity index (χ3v) is 3.40. The number of halogens is 1. The zero-order chi connectivity index (χ0) is 13.0. The Hall–Kier alpha value is -1.60. The molecule has 1 aliphatic rings. The first kappa shape index (κ1) is 12.8. The highest BCUT2D eigenvalue weighted by molar-refractivity contribution is 5.51.